The zero-order valence-electron chi connectivity index (χ0n) is 16.3. The van der Waals surface area contributed by atoms with Gasteiger partial charge in [-0.1, -0.05) is 20.3 Å². The summed E-state index contributed by atoms with van der Waals surface area (Å²) in [5.41, 5.74) is 6.80. The number of nitrogens with zero attached hydrogens (tertiary/aromatic N) is 3. The van der Waals surface area contributed by atoms with Gasteiger partial charge in [0.15, 0.2) is 11.5 Å². The van der Waals surface area contributed by atoms with E-state index in [1.807, 2.05) is 14.0 Å². The third kappa shape index (κ3) is 5.20. The standard InChI is InChI=1S/C18H32N6O2/c1-5-7-13(3)26-17-22-15(19)14-16(23-17)24(18(25)21-14)11-9-12(2)8-6-10-20-4/h12-13,20H,5-11H2,1-4H3,(H,21,25)(H2,19,22,23)/t12?,13-/m0/s1. The first-order valence-electron chi connectivity index (χ1n) is 9.53. The van der Waals surface area contributed by atoms with Crippen molar-refractivity contribution in [2.24, 2.45) is 5.92 Å². The molecule has 8 heteroatoms. The van der Waals surface area contributed by atoms with Gasteiger partial charge in [0.05, 0.1) is 6.10 Å². The first-order valence-corrected chi connectivity index (χ1v) is 9.53. The number of hydrogen-bond donors (Lipinski definition) is 3. The summed E-state index contributed by atoms with van der Waals surface area (Å²) in [6.45, 7) is 7.89. The Morgan fingerprint density at radius 1 is 1.27 bits per heavy atom. The van der Waals surface area contributed by atoms with Crippen molar-refractivity contribution in [2.45, 2.75) is 65.5 Å². The normalized spacial score (nSPS) is 13.8. The highest BCUT2D eigenvalue weighted by atomic mass is 16.5. The molecule has 2 aromatic rings. The Morgan fingerprint density at radius 2 is 2.04 bits per heavy atom. The molecule has 0 spiro atoms. The van der Waals surface area contributed by atoms with Crippen LogP contribution in [0.1, 0.15) is 52.9 Å². The van der Waals surface area contributed by atoms with Crippen LogP contribution in [0.3, 0.4) is 0 Å². The Bertz CT molecular complexity index is 754. The number of rotatable bonds is 11. The molecule has 0 amide bonds. The SMILES string of the molecule is CCC[C@H](C)Oc1nc(N)c2[nH]c(=O)n(CCC(C)CCCNC)c2n1. The number of ether oxygens (including phenoxy) is 1. The summed E-state index contributed by atoms with van der Waals surface area (Å²) in [6, 6.07) is 0.228. The van der Waals surface area contributed by atoms with Gasteiger partial charge in [-0.3, -0.25) is 4.57 Å². The molecule has 0 fully saturated rings. The van der Waals surface area contributed by atoms with E-state index in [-0.39, 0.29) is 23.6 Å². The molecule has 0 radical (unpaired) electrons. The molecule has 0 aliphatic rings. The molecule has 4 N–H and O–H groups in total. The largest absolute Gasteiger partial charge is 0.460 e. The van der Waals surface area contributed by atoms with E-state index in [9.17, 15) is 4.79 Å². The second kappa shape index (κ2) is 9.56. The van der Waals surface area contributed by atoms with E-state index in [2.05, 4.69) is 34.1 Å². The number of aromatic amines is 1. The third-order valence-corrected chi connectivity index (χ3v) is 4.60. The number of anilines is 1. The Labute approximate surface area is 154 Å². The third-order valence-electron chi connectivity index (χ3n) is 4.60. The molecule has 8 nitrogen and oxygen atoms in total. The fourth-order valence-electron chi connectivity index (χ4n) is 3.06. The maximum atomic E-state index is 12.3. The predicted molar refractivity (Wildman–Crippen MR) is 105 cm³/mol. The van der Waals surface area contributed by atoms with Crippen LogP contribution in [0.2, 0.25) is 0 Å². The van der Waals surface area contributed by atoms with Crippen molar-refractivity contribution in [3.05, 3.63) is 10.5 Å². The first kappa shape index (κ1) is 20.2. The van der Waals surface area contributed by atoms with Crippen molar-refractivity contribution in [3.8, 4) is 6.01 Å². The zero-order chi connectivity index (χ0) is 19.1. The van der Waals surface area contributed by atoms with Gasteiger partial charge in [0.25, 0.3) is 0 Å². The lowest BCUT2D eigenvalue weighted by Gasteiger charge is -2.13. The van der Waals surface area contributed by atoms with Crippen LogP contribution < -0.4 is 21.5 Å². The topological polar surface area (TPSA) is 111 Å². The fourth-order valence-corrected chi connectivity index (χ4v) is 3.06. The molecule has 0 aromatic carbocycles. The van der Waals surface area contributed by atoms with Crippen molar-refractivity contribution in [1.82, 2.24) is 24.8 Å². The van der Waals surface area contributed by atoms with E-state index in [1.54, 1.807) is 4.57 Å². The van der Waals surface area contributed by atoms with Crippen LogP contribution in [0.25, 0.3) is 11.2 Å². The summed E-state index contributed by atoms with van der Waals surface area (Å²) < 4.78 is 7.40. The first-order chi connectivity index (χ1) is 12.5. The van der Waals surface area contributed by atoms with Gasteiger partial charge in [-0.2, -0.15) is 9.97 Å². The smallest absolute Gasteiger partial charge is 0.327 e. The molecule has 2 atom stereocenters. The van der Waals surface area contributed by atoms with Gasteiger partial charge in [-0.25, -0.2) is 4.79 Å². The number of fused-ring (bicyclic) bond motifs is 1. The molecule has 0 aliphatic carbocycles. The van der Waals surface area contributed by atoms with Crippen LogP contribution >= 0.6 is 0 Å². The van der Waals surface area contributed by atoms with Gasteiger partial charge in [0.1, 0.15) is 5.52 Å². The molecule has 146 valence electrons. The fraction of sp³-hybridized carbons (Fsp3) is 0.722. The van der Waals surface area contributed by atoms with Crippen LogP contribution in [0, 0.1) is 5.92 Å². The van der Waals surface area contributed by atoms with E-state index in [0.29, 0.717) is 23.6 Å². The van der Waals surface area contributed by atoms with Gasteiger partial charge in [0.2, 0.25) is 0 Å². The minimum atomic E-state index is -0.206. The molecule has 0 bridgehead atoms. The number of imidazole rings is 1. The van der Waals surface area contributed by atoms with Gasteiger partial charge in [0, 0.05) is 6.54 Å². The van der Waals surface area contributed by atoms with Crippen LogP contribution in [-0.4, -0.2) is 39.2 Å². The van der Waals surface area contributed by atoms with E-state index < -0.39 is 0 Å². The Kier molecular flexibility index (Phi) is 7.44. The summed E-state index contributed by atoms with van der Waals surface area (Å²) in [5.74, 6) is 0.770. The van der Waals surface area contributed by atoms with Crippen molar-refractivity contribution >= 4 is 17.0 Å². The van der Waals surface area contributed by atoms with Crippen molar-refractivity contribution in [3.63, 3.8) is 0 Å². The van der Waals surface area contributed by atoms with Crippen LogP contribution in [0.4, 0.5) is 5.82 Å². The molecule has 0 aliphatic heterocycles. The highest BCUT2D eigenvalue weighted by Crippen LogP contribution is 2.20. The van der Waals surface area contributed by atoms with Crippen LogP contribution in [0.15, 0.2) is 4.79 Å². The number of aryl methyl sites for hydroxylation is 1. The summed E-state index contributed by atoms with van der Waals surface area (Å²) >= 11 is 0. The average Bonchev–Trinajstić information content (AvgIpc) is 2.89. The molecule has 2 heterocycles. The molecular formula is C18H32N6O2. The van der Waals surface area contributed by atoms with Gasteiger partial charge >= 0.3 is 11.7 Å². The second-order valence-corrected chi connectivity index (χ2v) is 7.03. The lowest BCUT2D eigenvalue weighted by atomic mass is 10.0. The Morgan fingerprint density at radius 3 is 2.73 bits per heavy atom. The van der Waals surface area contributed by atoms with Crippen LogP contribution in [0.5, 0.6) is 6.01 Å². The molecular weight excluding hydrogens is 332 g/mol. The van der Waals surface area contributed by atoms with E-state index >= 15 is 0 Å². The molecule has 26 heavy (non-hydrogen) atoms. The van der Waals surface area contributed by atoms with E-state index in [0.717, 1.165) is 38.6 Å². The minimum absolute atomic E-state index is 0.00293. The Hall–Kier alpha value is -2.09. The number of nitrogen functional groups attached to an aromatic ring is 1. The number of nitrogens with one attached hydrogen (secondary N) is 2. The summed E-state index contributed by atoms with van der Waals surface area (Å²) in [4.78, 5) is 23.7. The van der Waals surface area contributed by atoms with Gasteiger partial charge < -0.3 is 20.8 Å². The molecule has 0 saturated carbocycles. The van der Waals surface area contributed by atoms with Crippen molar-refractivity contribution in [2.75, 3.05) is 19.3 Å². The molecule has 2 aromatic heterocycles. The summed E-state index contributed by atoms with van der Waals surface area (Å²) in [6.07, 6.45) is 5.08. The highest BCUT2D eigenvalue weighted by molar-refractivity contribution is 5.81. The monoisotopic (exact) mass is 364 g/mol. The second-order valence-electron chi connectivity index (χ2n) is 7.03. The van der Waals surface area contributed by atoms with Crippen LogP contribution in [-0.2, 0) is 6.54 Å². The Balaban J connectivity index is 2.16. The molecule has 1 unspecified atom stereocenters. The molecule has 2 rings (SSSR count). The number of hydrogen-bond acceptors (Lipinski definition) is 6. The maximum Gasteiger partial charge on any atom is 0.327 e. The van der Waals surface area contributed by atoms with Gasteiger partial charge in [-0.15, -0.1) is 0 Å². The zero-order valence-corrected chi connectivity index (χ0v) is 16.3. The van der Waals surface area contributed by atoms with Gasteiger partial charge in [-0.05, 0) is 52.1 Å². The number of H-pyrrole nitrogens is 1. The lowest BCUT2D eigenvalue weighted by Crippen LogP contribution is -2.19. The van der Waals surface area contributed by atoms with E-state index in [1.165, 1.54) is 0 Å². The maximum absolute atomic E-state index is 12.3. The average molecular weight is 364 g/mol. The predicted octanol–water partition coefficient (Wildman–Crippen LogP) is 2.29. The number of nitrogens with two attached hydrogens (primary N) is 1. The lowest BCUT2D eigenvalue weighted by molar-refractivity contribution is 0.193. The quantitative estimate of drug-likeness (QED) is 0.528. The number of aromatic nitrogens is 4. The van der Waals surface area contributed by atoms with Crippen molar-refractivity contribution < 1.29 is 4.74 Å². The summed E-state index contributed by atoms with van der Waals surface area (Å²) in [5, 5.41) is 3.16. The summed E-state index contributed by atoms with van der Waals surface area (Å²) in [7, 11) is 1.96. The van der Waals surface area contributed by atoms with Crippen molar-refractivity contribution in [1.29, 1.82) is 0 Å². The highest BCUT2D eigenvalue weighted by Gasteiger charge is 2.16. The van der Waals surface area contributed by atoms with E-state index in [4.69, 9.17) is 10.5 Å². The minimum Gasteiger partial charge on any atom is -0.460 e. The molecule has 0 saturated heterocycles.